The predicted molar refractivity (Wildman–Crippen MR) is 71.9 cm³/mol. The summed E-state index contributed by atoms with van der Waals surface area (Å²) in [6.45, 7) is 0. The van der Waals surface area contributed by atoms with Crippen molar-refractivity contribution >= 4 is 43.2 Å². The summed E-state index contributed by atoms with van der Waals surface area (Å²) in [6.07, 6.45) is 1.39. The Morgan fingerprint density at radius 3 is 2.41 bits per heavy atom. The van der Waals surface area contributed by atoms with Gasteiger partial charge in [0.2, 0.25) is 15.9 Å². The van der Waals surface area contributed by atoms with Gasteiger partial charge in [-0.25, -0.2) is 8.42 Å². The Morgan fingerprint density at radius 2 is 1.88 bits per heavy atom. The number of amides is 1. The second-order valence-electron chi connectivity index (χ2n) is 3.41. The zero-order valence-electron chi connectivity index (χ0n) is 9.23. The number of halogens is 1. The molecule has 0 atom stereocenters. The average molecular weight is 321 g/mol. The fraction of sp³-hybridized carbons (Fsp3) is 0.300. The quantitative estimate of drug-likeness (QED) is 0.812. The number of para-hydroxylation sites is 2. The van der Waals surface area contributed by atoms with Gasteiger partial charge in [0.25, 0.3) is 0 Å². The van der Waals surface area contributed by atoms with Crippen molar-refractivity contribution in [1.29, 1.82) is 0 Å². The van der Waals surface area contributed by atoms with Crippen molar-refractivity contribution in [2.45, 2.75) is 6.42 Å². The lowest BCUT2D eigenvalue weighted by Crippen LogP contribution is -2.15. The van der Waals surface area contributed by atoms with E-state index in [4.69, 9.17) is 0 Å². The van der Waals surface area contributed by atoms with Gasteiger partial charge in [-0.05, 0) is 12.1 Å². The van der Waals surface area contributed by atoms with Gasteiger partial charge in [0, 0.05) is 11.8 Å². The topological polar surface area (TPSA) is 75.3 Å². The highest BCUT2D eigenvalue weighted by atomic mass is 79.9. The minimum absolute atomic E-state index is 0.176. The Labute approximate surface area is 109 Å². The molecule has 0 aliphatic heterocycles. The van der Waals surface area contributed by atoms with E-state index in [1.807, 2.05) is 0 Å². The molecule has 1 aromatic rings. The van der Waals surface area contributed by atoms with Crippen LogP contribution in [0.3, 0.4) is 0 Å². The van der Waals surface area contributed by atoms with Crippen LogP contribution in [0.1, 0.15) is 6.42 Å². The van der Waals surface area contributed by atoms with Crippen LogP contribution in [0.15, 0.2) is 24.3 Å². The van der Waals surface area contributed by atoms with Gasteiger partial charge in [-0.3, -0.25) is 9.52 Å². The lowest BCUT2D eigenvalue weighted by Gasteiger charge is -2.11. The fourth-order valence-electron chi connectivity index (χ4n) is 1.18. The van der Waals surface area contributed by atoms with E-state index in [0.29, 0.717) is 23.1 Å². The van der Waals surface area contributed by atoms with Crippen LogP contribution in [0.25, 0.3) is 0 Å². The largest absolute Gasteiger partial charge is 0.324 e. The summed E-state index contributed by atoms with van der Waals surface area (Å²) in [7, 11) is -3.36. The first kappa shape index (κ1) is 14.0. The first-order chi connectivity index (χ1) is 7.92. The highest BCUT2D eigenvalue weighted by Gasteiger charge is 2.09. The summed E-state index contributed by atoms with van der Waals surface area (Å²) in [5, 5.41) is 3.19. The third kappa shape index (κ3) is 5.18. The van der Waals surface area contributed by atoms with Gasteiger partial charge in [-0.2, -0.15) is 0 Å². The molecule has 0 bridgehead atoms. The van der Waals surface area contributed by atoms with Crippen molar-refractivity contribution in [3.8, 4) is 0 Å². The molecule has 1 aromatic carbocycles. The molecule has 0 aliphatic carbocycles. The summed E-state index contributed by atoms with van der Waals surface area (Å²) >= 11 is 3.16. The minimum Gasteiger partial charge on any atom is -0.324 e. The summed E-state index contributed by atoms with van der Waals surface area (Å²) in [6, 6.07) is 6.63. The zero-order chi connectivity index (χ0) is 12.9. The van der Waals surface area contributed by atoms with Crippen LogP contribution in [0, 0.1) is 0 Å². The van der Waals surface area contributed by atoms with Gasteiger partial charge in [0.05, 0.1) is 17.6 Å². The van der Waals surface area contributed by atoms with Crippen LogP contribution >= 0.6 is 15.9 Å². The van der Waals surface area contributed by atoms with Gasteiger partial charge in [0.1, 0.15) is 0 Å². The number of rotatable bonds is 5. The molecule has 5 nitrogen and oxygen atoms in total. The van der Waals surface area contributed by atoms with Gasteiger partial charge in [0.15, 0.2) is 0 Å². The van der Waals surface area contributed by atoms with Crippen molar-refractivity contribution in [2.24, 2.45) is 0 Å². The van der Waals surface area contributed by atoms with E-state index in [-0.39, 0.29) is 5.91 Å². The van der Waals surface area contributed by atoms with Crippen molar-refractivity contribution in [2.75, 3.05) is 21.6 Å². The molecule has 0 fully saturated rings. The minimum atomic E-state index is -3.36. The van der Waals surface area contributed by atoms with E-state index in [2.05, 4.69) is 26.0 Å². The molecular formula is C10H13BrN2O3S. The monoisotopic (exact) mass is 320 g/mol. The molecule has 0 radical (unpaired) electrons. The molecule has 0 saturated heterocycles. The van der Waals surface area contributed by atoms with Crippen LogP contribution < -0.4 is 10.0 Å². The van der Waals surface area contributed by atoms with E-state index < -0.39 is 10.0 Å². The number of nitrogens with one attached hydrogen (secondary N) is 2. The molecule has 0 saturated carbocycles. The standard InChI is InChI=1S/C10H13BrN2O3S/c1-17(15,16)13-9-5-3-2-4-8(9)12-10(14)6-7-11/h2-5,13H,6-7H2,1H3,(H,12,14). The molecule has 0 spiro atoms. The second-order valence-corrected chi connectivity index (χ2v) is 5.95. The van der Waals surface area contributed by atoms with Crippen LogP contribution in [-0.4, -0.2) is 25.9 Å². The Kier molecular flexibility index (Phi) is 4.95. The number of hydrogen-bond donors (Lipinski definition) is 2. The summed E-state index contributed by atoms with van der Waals surface area (Å²) in [4.78, 5) is 11.4. The number of anilines is 2. The Hall–Kier alpha value is -1.08. The Balaban J connectivity index is 2.88. The summed E-state index contributed by atoms with van der Waals surface area (Å²) in [5.74, 6) is -0.176. The lowest BCUT2D eigenvalue weighted by molar-refractivity contribution is -0.115. The number of sulfonamides is 1. The van der Waals surface area contributed by atoms with Crippen molar-refractivity contribution < 1.29 is 13.2 Å². The van der Waals surface area contributed by atoms with E-state index in [9.17, 15) is 13.2 Å². The molecule has 2 N–H and O–H groups in total. The SMILES string of the molecule is CS(=O)(=O)Nc1ccccc1NC(=O)CCBr. The number of alkyl halides is 1. The molecule has 1 amide bonds. The second kappa shape index (κ2) is 6.02. The fourth-order valence-corrected chi connectivity index (χ4v) is 2.12. The van der Waals surface area contributed by atoms with E-state index in [0.717, 1.165) is 6.26 Å². The van der Waals surface area contributed by atoms with Gasteiger partial charge in [-0.1, -0.05) is 28.1 Å². The summed E-state index contributed by atoms with van der Waals surface area (Å²) < 4.78 is 24.6. The van der Waals surface area contributed by atoms with Crippen molar-refractivity contribution in [1.82, 2.24) is 0 Å². The van der Waals surface area contributed by atoms with Crippen LogP contribution in [-0.2, 0) is 14.8 Å². The molecule has 1 rings (SSSR count). The molecule has 94 valence electrons. The lowest BCUT2D eigenvalue weighted by atomic mass is 10.2. The van der Waals surface area contributed by atoms with Gasteiger partial charge in [-0.15, -0.1) is 0 Å². The average Bonchev–Trinajstić information content (AvgIpc) is 2.19. The molecular weight excluding hydrogens is 308 g/mol. The van der Waals surface area contributed by atoms with Crippen LogP contribution in [0.2, 0.25) is 0 Å². The number of carbonyl (C=O) groups is 1. The van der Waals surface area contributed by atoms with Crippen molar-refractivity contribution in [3.05, 3.63) is 24.3 Å². The van der Waals surface area contributed by atoms with E-state index >= 15 is 0 Å². The predicted octanol–water partition coefficient (Wildman–Crippen LogP) is 1.78. The first-order valence-corrected chi connectivity index (χ1v) is 7.86. The maximum Gasteiger partial charge on any atom is 0.229 e. The van der Waals surface area contributed by atoms with Crippen molar-refractivity contribution in [3.63, 3.8) is 0 Å². The molecule has 17 heavy (non-hydrogen) atoms. The number of hydrogen-bond acceptors (Lipinski definition) is 3. The smallest absolute Gasteiger partial charge is 0.229 e. The van der Waals surface area contributed by atoms with Gasteiger partial charge >= 0.3 is 0 Å². The Morgan fingerprint density at radius 1 is 1.29 bits per heavy atom. The maximum atomic E-state index is 11.4. The highest BCUT2D eigenvalue weighted by molar-refractivity contribution is 9.09. The Bertz CT molecular complexity index is 502. The third-order valence-electron chi connectivity index (χ3n) is 1.82. The number of carbonyl (C=O) groups excluding carboxylic acids is 1. The first-order valence-electron chi connectivity index (χ1n) is 4.85. The third-order valence-corrected chi connectivity index (χ3v) is 2.81. The van der Waals surface area contributed by atoms with Crippen LogP contribution in [0.4, 0.5) is 11.4 Å². The maximum absolute atomic E-state index is 11.4. The van der Waals surface area contributed by atoms with E-state index in [1.165, 1.54) is 0 Å². The van der Waals surface area contributed by atoms with Crippen LogP contribution in [0.5, 0.6) is 0 Å². The highest BCUT2D eigenvalue weighted by Crippen LogP contribution is 2.21. The zero-order valence-corrected chi connectivity index (χ0v) is 11.6. The summed E-state index contributed by atoms with van der Waals surface area (Å²) in [5.41, 5.74) is 0.807. The number of benzene rings is 1. The molecule has 0 aliphatic rings. The molecule has 0 unspecified atom stereocenters. The normalized spacial score (nSPS) is 10.9. The van der Waals surface area contributed by atoms with Gasteiger partial charge < -0.3 is 5.32 Å². The van der Waals surface area contributed by atoms with E-state index in [1.54, 1.807) is 24.3 Å². The molecule has 0 heterocycles. The molecule has 0 aromatic heterocycles. The molecule has 7 heteroatoms.